The van der Waals surface area contributed by atoms with Crippen LogP contribution in [0.3, 0.4) is 0 Å². The second-order valence-electron chi connectivity index (χ2n) is 4.92. The van der Waals surface area contributed by atoms with E-state index in [1.54, 1.807) is 43.3 Å². The molecule has 0 aliphatic carbocycles. The van der Waals surface area contributed by atoms with Gasteiger partial charge in [-0.3, -0.25) is 4.79 Å². The van der Waals surface area contributed by atoms with E-state index in [9.17, 15) is 9.59 Å². The van der Waals surface area contributed by atoms with Crippen molar-refractivity contribution in [3.05, 3.63) is 57.7 Å². The number of amides is 1. The van der Waals surface area contributed by atoms with Crippen LogP contribution in [0.4, 0.5) is 11.4 Å². The lowest BCUT2D eigenvalue weighted by Crippen LogP contribution is -2.32. The van der Waals surface area contributed by atoms with Crippen molar-refractivity contribution in [2.24, 2.45) is 0 Å². The standard InChI is InChI=1S/C17H17IN2O3/c1-2-15(16(21)20-14-9-5-12(18)6-10-14)23-17(22)11-3-7-13(19)8-4-11/h3-10,15H,2,19H2,1H3,(H,20,21). The van der Waals surface area contributed by atoms with Crippen molar-refractivity contribution in [2.75, 3.05) is 11.1 Å². The van der Waals surface area contributed by atoms with E-state index in [1.807, 2.05) is 12.1 Å². The molecule has 5 nitrogen and oxygen atoms in total. The fourth-order valence-corrected chi connectivity index (χ4v) is 2.25. The van der Waals surface area contributed by atoms with E-state index in [4.69, 9.17) is 10.5 Å². The molecule has 0 aliphatic heterocycles. The SMILES string of the molecule is CCC(OC(=O)c1ccc(N)cc1)C(=O)Nc1ccc(I)cc1. The second kappa shape index (κ2) is 7.96. The Labute approximate surface area is 148 Å². The minimum absolute atomic E-state index is 0.350. The molecule has 0 heterocycles. The fourth-order valence-electron chi connectivity index (χ4n) is 1.89. The number of hydrogen-bond donors (Lipinski definition) is 2. The fraction of sp³-hybridized carbons (Fsp3) is 0.176. The predicted octanol–water partition coefficient (Wildman–Crippen LogP) is 3.45. The summed E-state index contributed by atoms with van der Waals surface area (Å²) in [5, 5.41) is 2.75. The van der Waals surface area contributed by atoms with Crippen LogP contribution in [-0.4, -0.2) is 18.0 Å². The van der Waals surface area contributed by atoms with Crippen molar-refractivity contribution in [1.82, 2.24) is 0 Å². The summed E-state index contributed by atoms with van der Waals surface area (Å²) in [6, 6.07) is 13.7. The van der Waals surface area contributed by atoms with E-state index in [2.05, 4.69) is 27.9 Å². The van der Waals surface area contributed by atoms with Crippen LogP contribution in [0, 0.1) is 3.57 Å². The molecule has 3 N–H and O–H groups in total. The summed E-state index contributed by atoms with van der Waals surface area (Å²) in [4.78, 5) is 24.3. The normalized spacial score (nSPS) is 11.6. The molecule has 0 saturated heterocycles. The molecule has 120 valence electrons. The van der Waals surface area contributed by atoms with Crippen molar-refractivity contribution in [3.63, 3.8) is 0 Å². The Morgan fingerprint density at radius 2 is 1.74 bits per heavy atom. The van der Waals surface area contributed by atoms with Gasteiger partial charge in [-0.1, -0.05) is 6.92 Å². The largest absolute Gasteiger partial charge is 0.449 e. The summed E-state index contributed by atoms with van der Waals surface area (Å²) in [5.41, 5.74) is 7.17. The molecule has 1 atom stereocenters. The number of carbonyl (C=O) groups is 2. The molecule has 0 fully saturated rings. The molecule has 0 aromatic heterocycles. The summed E-state index contributed by atoms with van der Waals surface area (Å²) in [7, 11) is 0. The number of ether oxygens (including phenoxy) is 1. The molecule has 0 bridgehead atoms. The van der Waals surface area contributed by atoms with E-state index in [1.165, 1.54) is 0 Å². The first-order valence-corrected chi connectivity index (χ1v) is 8.20. The van der Waals surface area contributed by atoms with Gasteiger partial charge in [0.15, 0.2) is 6.10 Å². The average Bonchev–Trinajstić information content (AvgIpc) is 2.55. The smallest absolute Gasteiger partial charge is 0.338 e. The zero-order chi connectivity index (χ0) is 16.8. The maximum absolute atomic E-state index is 12.2. The number of nitrogens with two attached hydrogens (primary N) is 1. The van der Waals surface area contributed by atoms with Crippen LogP contribution in [-0.2, 0) is 9.53 Å². The number of nitrogen functional groups attached to an aromatic ring is 1. The van der Waals surface area contributed by atoms with Gasteiger partial charge in [0.05, 0.1) is 5.56 Å². The van der Waals surface area contributed by atoms with Gasteiger partial charge in [0.1, 0.15) is 0 Å². The Balaban J connectivity index is 2.00. The number of nitrogens with one attached hydrogen (secondary N) is 1. The van der Waals surface area contributed by atoms with E-state index in [0.29, 0.717) is 23.4 Å². The maximum atomic E-state index is 12.2. The summed E-state index contributed by atoms with van der Waals surface area (Å²) in [6.07, 6.45) is -0.462. The van der Waals surface area contributed by atoms with Crippen LogP contribution >= 0.6 is 22.6 Å². The van der Waals surface area contributed by atoms with Crippen molar-refractivity contribution >= 4 is 45.8 Å². The van der Waals surface area contributed by atoms with Crippen molar-refractivity contribution in [1.29, 1.82) is 0 Å². The van der Waals surface area contributed by atoms with Gasteiger partial charge in [0, 0.05) is 14.9 Å². The number of halogens is 1. The Kier molecular flexibility index (Phi) is 5.97. The lowest BCUT2D eigenvalue weighted by atomic mass is 10.2. The number of rotatable bonds is 5. The predicted molar refractivity (Wildman–Crippen MR) is 98.1 cm³/mol. The van der Waals surface area contributed by atoms with E-state index < -0.39 is 12.1 Å². The third-order valence-electron chi connectivity index (χ3n) is 3.17. The summed E-state index contributed by atoms with van der Waals surface area (Å²) < 4.78 is 6.36. The molecule has 2 aromatic carbocycles. The van der Waals surface area contributed by atoms with E-state index >= 15 is 0 Å². The Bertz CT molecular complexity index is 684. The summed E-state index contributed by atoms with van der Waals surface area (Å²) in [6.45, 7) is 1.79. The van der Waals surface area contributed by atoms with Crippen molar-refractivity contribution in [3.8, 4) is 0 Å². The van der Waals surface area contributed by atoms with Crippen LogP contribution in [0.15, 0.2) is 48.5 Å². The molecule has 0 spiro atoms. The molecule has 0 aliphatic rings. The lowest BCUT2D eigenvalue weighted by Gasteiger charge is -2.16. The molecular weight excluding hydrogens is 407 g/mol. The summed E-state index contributed by atoms with van der Waals surface area (Å²) >= 11 is 2.18. The minimum atomic E-state index is -0.848. The molecule has 1 amide bonds. The van der Waals surface area contributed by atoms with E-state index in [-0.39, 0.29) is 5.91 Å². The van der Waals surface area contributed by atoms with Crippen molar-refractivity contribution < 1.29 is 14.3 Å². The lowest BCUT2D eigenvalue weighted by molar-refractivity contribution is -0.124. The first kappa shape index (κ1) is 17.3. The van der Waals surface area contributed by atoms with Crippen LogP contribution in [0.1, 0.15) is 23.7 Å². The van der Waals surface area contributed by atoms with Crippen molar-refractivity contribution in [2.45, 2.75) is 19.4 Å². The highest BCUT2D eigenvalue weighted by molar-refractivity contribution is 14.1. The Morgan fingerprint density at radius 1 is 1.13 bits per heavy atom. The monoisotopic (exact) mass is 424 g/mol. The van der Waals surface area contributed by atoms with Gasteiger partial charge in [0.2, 0.25) is 0 Å². The topological polar surface area (TPSA) is 81.4 Å². The molecule has 2 aromatic rings. The van der Waals surface area contributed by atoms with E-state index in [0.717, 1.165) is 3.57 Å². The molecule has 2 rings (SSSR count). The van der Waals surface area contributed by atoms with Gasteiger partial charge in [-0.25, -0.2) is 4.79 Å². The van der Waals surface area contributed by atoms with Crippen LogP contribution < -0.4 is 11.1 Å². The molecular formula is C17H17IN2O3. The minimum Gasteiger partial charge on any atom is -0.449 e. The highest BCUT2D eigenvalue weighted by Crippen LogP contribution is 2.14. The third kappa shape index (κ3) is 4.95. The number of carbonyl (C=O) groups excluding carboxylic acids is 2. The van der Waals surface area contributed by atoms with Crippen LogP contribution in [0.2, 0.25) is 0 Å². The molecule has 0 radical (unpaired) electrons. The highest BCUT2D eigenvalue weighted by Gasteiger charge is 2.22. The van der Waals surface area contributed by atoms with Crippen LogP contribution in [0.5, 0.6) is 0 Å². The first-order chi connectivity index (χ1) is 11.0. The zero-order valence-electron chi connectivity index (χ0n) is 12.6. The molecule has 0 saturated carbocycles. The molecule has 6 heteroatoms. The number of benzene rings is 2. The molecule has 1 unspecified atom stereocenters. The number of esters is 1. The number of anilines is 2. The van der Waals surface area contributed by atoms with Gasteiger partial charge in [-0.15, -0.1) is 0 Å². The highest BCUT2D eigenvalue weighted by atomic mass is 127. The second-order valence-corrected chi connectivity index (χ2v) is 6.17. The Hall–Kier alpha value is -2.09. The quantitative estimate of drug-likeness (QED) is 0.438. The average molecular weight is 424 g/mol. The third-order valence-corrected chi connectivity index (χ3v) is 3.89. The Morgan fingerprint density at radius 3 is 2.30 bits per heavy atom. The van der Waals surface area contributed by atoms with Gasteiger partial charge in [-0.05, 0) is 77.5 Å². The zero-order valence-corrected chi connectivity index (χ0v) is 14.7. The number of hydrogen-bond acceptors (Lipinski definition) is 4. The van der Waals surface area contributed by atoms with Gasteiger partial charge in [-0.2, -0.15) is 0 Å². The van der Waals surface area contributed by atoms with Gasteiger partial charge < -0.3 is 15.8 Å². The first-order valence-electron chi connectivity index (χ1n) is 7.12. The van der Waals surface area contributed by atoms with Crippen LogP contribution in [0.25, 0.3) is 0 Å². The van der Waals surface area contributed by atoms with Gasteiger partial charge >= 0.3 is 5.97 Å². The molecule has 23 heavy (non-hydrogen) atoms. The van der Waals surface area contributed by atoms with Gasteiger partial charge in [0.25, 0.3) is 5.91 Å². The maximum Gasteiger partial charge on any atom is 0.338 e. The summed E-state index contributed by atoms with van der Waals surface area (Å²) in [5.74, 6) is -0.896.